The molecule has 1 aliphatic heterocycles. The highest BCUT2D eigenvalue weighted by atomic mass is 16.3. The molecule has 1 saturated heterocycles. The Kier molecular flexibility index (Phi) is 1.96. The van der Waals surface area contributed by atoms with Gasteiger partial charge in [-0.1, -0.05) is 0 Å². The zero-order valence-corrected chi connectivity index (χ0v) is 6.83. The lowest BCUT2D eigenvalue weighted by Crippen LogP contribution is -2.12. The van der Waals surface area contributed by atoms with E-state index < -0.39 is 0 Å². The molecule has 1 aromatic rings. The Morgan fingerprint density at radius 2 is 2.42 bits per heavy atom. The predicted octanol–water partition coefficient (Wildman–Crippen LogP) is 1.21. The second-order valence-corrected chi connectivity index (χ2v) is 3.13. The normalized spacial score (nSPS) is 22.8. The summed E-state index contributed by atoms with van der Waals surface area (Å²) in [6.45, 7) is 1.07. The van der Waals surface area contributed by atoms with Crippen molar-refractivity contribution in [1.29, 1.82) is 0 Å². The number of hydrogen-bond acceptors (Lipinski definition) is 3. The van der Waals surface area contributed by atoms with E-state index in [4.69, 9.17) is 0 Å². The molecule has 0 radical (unpaired) electrons. The van der Waals surface area contributed by atoms with E-state index in [1.165, 1.54) is 12.6 Å². The maximum Gasteiger partial charge on any atom is 0.134 e. The molecule has 2 heterocycles. The van der Waals surface area contributed by atoms with Crippen molar-refractivity contribution in [3.63, 3.8) is 0 Å². The molecule has 0 saturated carbocycles. The minimum absolute atomic E-state index is 0.251. The first-order chi connectivity index (χ1) is 5.86. The first-order valence-electron chi connectivity index (χ1n) is 4.23. The number of nitrogens with zero attached hydrogens (tertiary/aromatic N) is 1. The van der Waals surface area contributed by atoms with Gasteiger partial charge in [-0.05, 0) is 31.0 Å². The second kappa shape index (κ2) is 3.11. The molecule has 1 atom stereocenters. The summed E-state index contributed by atoms with van der Waals surface area (Å²) in [5.41, 5.74) is 1.09. The Balaban J connectivity index is 2.21. The van der Waals surface area contributed by atoms with Crippen LogP contribution < -0.4 is 5.32 Å². The fraction of sp³-hybridized carbons (Fsp3) is 0.444. The molecule has 0 bridgehead atoms. The van der Waals surface area contributed by atoms with Gasteiger partial charge < -0.3 is 10.4 Å². The van der Waals surface area contributed by atoms with Crippen LogP contribution in [-0.2, 0) is 0 Å². The molecule has 64 valence electrons. The van der Waals surface area contributed by atoms with Gasteiger partial charge in [0.15, 0.2) is 0 Å². The number of nitrogens with one attached hydrogen (secondary N) is 1. The van der Waals surface area contributed by atoms with E-state index in [0.717, 1.165) is 18.5 Å². The van der Waals surface area contributed by atoms with Crippen molar-refractivity contribution >= 4 is 0 Å². The predicted molar refractivity (Wildman–Crippen MR) is 45.9 cm³/mol. The Bertz CT molecular complexity index is 269. The Hall–Kier alpha value is -1.09. The molecule has 1 aromatic heterocycles. The molecular weight excluding hydrogens is 152 g/mol. The number of aromatic hydroxyl groups is 1. The van der Waals surface area contributed by atoms with Crippen LogP contribution in [0.15, 0.2) is 18.5 Å². The lowest BCUT2D eigenvalue weighted by molar-refractivity contribution is 0.470. The summed E-state index contributed by atoms with van der Waals surface area (Å²) in [6.07, 6.45) is 5.62. The van der Waals surface area contributed by atoms with Crippen molar-refractivity contribution in [2.24, 2.45) is 0 Å². The molecular formula is C9H12N2O. The fourth-order valence-corrected chi connectivity index (χ4v) is 1.60. The lowest BCUT2D eigenvalue weighted by Gasteiger charge is -2.09. The molecule has 3 nitrogen and oxygen atoms in total. The highest BCUT2D eigenvalue weighted by Crippen LogP contribution is 2.24. The molecule has 0 spiro atoms. The van der Waals surface area contributed by atoms with Gasteiger partial charge in [-0.3, -0.25) is 4.98 Å². The van der Waals surface area contributed by atoms with Crippen molar-refractivity contribution < 1.29 is 5.11 Å². The third kappa shape index (κ3) is 1.41. The zero-order chi connectivity index (χ0) is 8.39. The molecule has 12 heavy (non-hydrogen) atoms. The first-order valence-corrected chi connectivity index (χ1v) is 4.23. The largest absolute Gasteiger partial charge is 0.506 e. The van der Waals surface area contributed by atoms with Gasteiger partial charge >= 0.3 is 0 Å². The third-order valence-electron chi connectivity index (χ3n) is 2.21. The minimum Gasteiger partial charge on any atom is -0.506 e. The summed E-state index contributed by atoms with van der Waals surface area (Å²) in [5, 5.41) is 12.5. The standard InChI is InChI=1S/C9H12N2O/c12-8-4-7(5-10-6-8)9-2-1-3-11-9/h4-6,9,11-12H,1-3H2. The van der Waals surface area contributed by atoms with Crippen LogP contribution in [0.5, 0.6) is 5.75 Å². The molecule has 0 aromatic carbocycles. The molecule has 1 aliphatic rings. The second-order valence-electron chi connectivity index (χ2n) is 3.13. The van der Waals surface area contributed by atoms with E-state index in [9.17, 15) is 5.11 Å². The average Bonchev–Trinajstić information content (AvgIpc) is 2.56. The average molecular weight is 164 g/mol. The molecule has 3 heteroatoms. The van der Waals surface area contributed by atoms with Crippen LogP contribution in [0.2, 0.25) is 0 Å². The fourth-order valence-electron chi connectivity index (χ4n) is 1.60. The summed E-state index contributed by atoms with van der Waals surface area (Å²) in [7, 11) is 0. The number of rotatable bonds is 1. The molecule has 2 N–H and O–H groups in total. The van der Waals surface area contributed by atoms with E-state index in [2.05, 4.69) is 10.3 Å². The summed E-state index contributed by atoms with van der Waals surface area (Å²) in [4.78, 5) is 3.94. The van der Waals surface area contributed by atoms with Gasteiger partial charge in [-0.2, -0.15) is 0 Å². The van der Waals surface area contributed by atoms with Gasteiger partial charge in [0.2, 0.25) is 0 Å². The van der Waals surface area contributed by atoms with Crippen molar-refractivity contribution in [3.8, 4) is 5.75 Å². The topological polar surface area (TPSA) is 45.2 Å². The van der Waals surface area contributed by atoms with Gasteiger partial charge in [0, 0.05) is 12.2 Å². The van der Waals surface area contributed by atoms with Gasteiger partial charge in [0.05, 0.1) is 6.20 Å². The number of hydrogen-bond donors (Lipinski definition) is 2. The molecule has 1 unspecified atom stereocenters. The van der Waals surface area contributed by atoms with E-state index in [-0.39, 0.29) is 5.75 Å². The van der Waals surface area contributed by atoms with Crippen LogP contribution in [0, 0.1) is 0 Å². The Morgan fingerprint density at radius 1 is 1.50 bits per heavy atom. The van der Waals surface area contributed by atoms with Crippen LogP contribution in [0.25, 0.3) is 0 Å². The van der Waals surface area contributed by atoms with Gasteiger partial charge in [-0.15, -0.1) is 0 Å². The first kappa shape index (κ1) is 7.55. The van der Waals surface area contributed by atoms with Gasteiger partial charge in [-0.25, -0.2) is 0 Å². The smallest absolute Gasteiger partial charge is 0.134 e. The van der Waals surface area contributed by atoms with Gasteiger partial charge in [0.25, 0.3) is 0 Å². The molecule has 1 fully saturated rings. The van der Waals surface area contributed by atoms with Crippen LogP contribution in [0.1, 0.15) is 24.4 Å². The van der Waals surface area contributed by atoms with E-state index in [1.54, 1.807) is 6.07 Å². The number of aromatic nitrogens is 1. The molecule has 0 amide bonds. The maximum atomic E-state index is 9.18. The van der Waals surface area contributed by atoms with Crippen molar-refractivity contribution in [1.82, 2.24) is 10.3 Å². The van der Waals surface area contributed by atoms with Crippen molar-refractivity contribution in [2.75, 3.05) is 6.54 Å². The zero-order valence-electron chi connectivity index (χ0n) is 6.83. The quantitative estimate of drug-likeness (QED) is 0.655. The summed E-state index contributed by atoms with van der Waals surface area (Å²) < 4.78 is 0. The molecule has 0 aliphatic carbocycles. The Labute approximate surface area is 71.4 Å². The van der Waals surface area contributed by atoms with Crippen LogP contribution in [0.3, 0.4) is 0 Å². The maximum absolute atomic E-state index is 9.18. The monoisotopic (exact) mass is 164 g/mol. The van der Waals surface area contributed by atoms with Crippen LogP contribution >= 0.6 is 0 Å². The third-order valence-corrected chi connectivity index (χ3v) is 2.21. The number of pyridine rings is 1. The minimum atomic E-state index is 0.251. The van der Waals surface area contributed by atoms with E-state index >= 15 is 0 Å². The van der Waals surface area contributed by atoms with Crippen molar-refractivity contribution in [2.45, 2.75) is 18.9 Å². The van der Waals surface area contributed by atoms with Crippen molar-refractivity contribution in [3.05, 3.63) is 24.0 Å². The van der Waals surface area contributed by atoms with Crippen LogP contribution in [0.4, 0.5) is 0 Å². The SMILES string of the molecule is Oc1cncc(C2CCCN2)c1. The van der Waals surface area contributed by atoms with Crippen LogP contribution in [-0.4, -0.2) is 16.6 Å². The molecule has 2 rings (SSSR count). The summed E-state index contributed by atoms with van der Waals surface area (Å²) in [6, 6.07) is 2.17. The van der Waals surface area contributed by atoms with E-state index in [1.807, 2.05) is 6.20 Å². The van der Waals surface area contributed by atoms with Gasteiger partial charge in [0.1, 0.15) is 5.75 Å². The highest BCUT2D eigenvalue weighted by Gasteiger charge is 2.16. The van der Waals surface area contributed by atoms with E-state index in [0.29, 0.717) is 6.04 Å². The summed E-state index contributed by atoms with van der Waals surface area (Å²) in [5.74, 6) is 0.251. The lowest BCUT2D eigenvalue weighted by atomic mass is 10.1. The Morgan fingerprint density at radius 3 is 3.08 bits per heavy atom. The summed E-state index contributed by atoms with van der Waals surface area (Å²) >= 11 is 0. The highest BCUT2D eigenvalue weighted by molar-refractivity contribution is 5.25.